The van der Waals surface area contributed by atoms with Gasteiger partial charge in [0.1, 0.15) is 0 Å². The summed E-state index contributed by atoms with van der Waals surface area (Å²) in [5, 5.41) is -0.184. The molecule has 3 heterocycles. The molecule has 0 radical (unpaired) electrons. The molecule has 0 aromatic carbocycles. The highest BCUT2D eigenvalue weighted by Crippen LogP contribution is 2.36. The van der Waals surface area contributed by atoms with Crippen LogP contribution in [0.2, 0.25) is 0 Å². The van der Waals surface area contributed by atoms with Crippen LogP contribution in [0.5, 0.6) is 0 Å². The van der Waals surface area contributed by atoms with Gasteiger partial charge in [-0.3, -0.25) is 9.88 Å². The van der Waals surface area contributed by atoms with Crippen LogP contribution in [0.15, 0.2) is 24.5 Å². The van der Waals surface area contributed by atoms with Crippen molar-refractivity contribution in [1.29, 1.82) is 0 Å². The molecular formula is C14H21N3O2S. The van der Waals surface area contributed by atoms with E-state index >= 15 is 0 Å². The molecule has 20 heavy (non-hydrogen) atoms. The Labute approximate surface area is 120 Å². The summed E-state index contributed by atoms with van der Waals surface area (Å²) in [5.41, 5.74) is 1.19. The van der Waals surface area contributed by atoms with E-state index in [0.717, 1.165) is 13.1 Å². The smallest absolute Gasteiger partial charge is 0.156 e. The van der Waals surface area contributed by atoms with Gasteiger partial charge in [0.05, 0.1) is 11.0 Å². The maximum atomic E-state index is 12.3. The van der Waals surface area contributed by atoms with Crippen molar-refractivity contribution in [2.75, 3.05) is 32.9 Å². The zero-order chi connectivity index (χ0) is 14.3. The van der Waals surface area contributed by atoms with Crippen LogP contribution in [0.25, 0.3) is 0 Å². The molecule has 6 heteroatoms. The minimum atomic E-state index is -2.94. The second kappa shape index (κ2) is 5.09. The first-order valence-corrected chi connectivity index (χ1v) is 8.68. The van der Waals surface area contributed by atoms with Crippen LogP contribution in [-0.4, -0.2) is 67.4 Å². The Balaban J connectivity index is 1.75. The molecule has 1 aromatic rings. The van der Waals surface area contributed by atoms with Crippen molar-refractivity contribution in [2.24, 2.45) is 5.92 Å². The first kappa shape index (κ1) is 14.0. The summed E-state index contributed by atoms with van der Waals surface area (Å²) in [6.07, 6.45) is 3.57. The SMILES string of the molecule is CN(C)[C@@H]1CS(=O)(=O)[C@H]2CN(Cc3ccncc3)C[C@@H]12. The van der Waals surface area contributed by atoms with Gasteiger partial charge in [-0.15, -0.1) is 0 Å². The Kier molecular flexibility index (Phi) is 3.56. The number of hydrogen-bond donors (Lipinski definition) is 0. The lowest BCUT2D eigenvalue weighted by molar-refractivity contribution is 0.229. The Morgan fingerprint density at radius 3 is 2.65 bits per heavy atom. The number of aromatic nitrogens is 1. The van der Waals surface area contributed by atoms with Gasteiger partial charge < -0.3 is 4.90 Å². The lowest BCUT2D eigenvalue weighted by Crippen LogP contribution is -2.37. The number of likely N-dealkylation sites (tertiary alicyclic amines) is 1. The molecule has 2 fully saturated rings. The van der Waals surface area contributed by atoms with Gasteiger partial charge in [-0.1, -0.05) is 0 Å². The predicted octanol–water partition coefficient (Wildman–Crippen LogP) is 0.241. The third kappa shape index (κ3) is 2.47. The second-order valence-electron chi connectivity index (χ2n) is 6.11. The zero-order valence-corrected chi connectivity index (χ0v) is 12.8. The molecule has 2 aliphatic heterocycles. The van der Waals surface area contributed by atoms with Crippen molar-refractivity contribution in [3.05, 3.63) is 30.1 Å². The predicted molar refractivity (Wildman–Crippen MR) is 78.1 cm³/mol. The molecule has 3 rings (SSSR count). The van der Waals surface area contributed by atoms with Crippen molar-refractivity contribution in [1.82, 2.24) is 14.8 Å². The molecule has 1 aromatic heterocycles. The van der Waals surface area contributed by atoms with Crippen LogP contribution in [0.4, 0.5) is 0 Å². The third-order valence-corrected chi connectivity index (χ3v) is 6.79. The highest BCUT2D eigenvalue weighted by molar-refractivity contribution is 7.92. The number of hydrogen-bond acceptors (Lipinski definition) is 5. The highest BCUT2D eigenvalue weighted by atomic mass is 32.2. The van der Waals surface area contributed by atoms with Crippen LogP contribution >= 0.6 is 0 Å². The summed E-state index contributed by atoms with van der Waals surface area (Å²) < 4.78 is 24.6. The summed E-state index contributed by atoms with van der Waals surface area (Å²) in [6, 6.07) is 4.14. The minimum Gasteiger partial charge on any atom is -0.305 e. The number of fused-ring (bicyclic) bond motifs is 1. The molecule has 0 amide bonds. The average Bonchev–Trinajstić information content (AvgIpc) is 2.90. The molecule has 0 bridgehead atoms. The molecular weight excluding hydrogens is 274 g/mol. The normalized spacial score (nSPS) is 32.6. The van der Waals surface area contributed by atoms with E-state index in [4.69, 9.17) is 0 Å². The van der Waals surface area contributed by atoms with E-state index in [9.17, 15) is 8.42 Å². The number of rotatable bonds is 3. The molecule has 0 saturated carbocycles. The quantitative estimate of drug-likeness (QED) is 0.799. The molecule has 3 atom stereocenters. The van der Waals surface area contributed by atoms with Crippen LogP contribution < -0.4 is 0 Å². The fraction of sp³-hybridized carbons (Fsp3) is 0.643. The van der Waals surface area contributed by atoms with Gasteiger partial charge >= 0.3 is 0 Å². The Bertz CT molecular complexity index is 573. The highest BCUT2D eigenvalue weighted by Gasteiger charge is 2.52. The fourth-order valence-electron chi connectivity index (χ4n) is 3.52. The molecule has 5 nitrogen and oxygen atoms in total. The maximum Gasteiger partial charge on any atom is 0.156 e. The van der Waals surface area contributed by atoms with Gasteiger partial charge in [0.2, 0.25) is 0 Å². The lowest BCUT2D eigenvalue weighted by Gasteiger charge is -2.25. The minimum absolute atomic E-state index is 0.160. The first-order chi connectivity index (χ1) is 9.47. The molecule has 2 aliphatic rings. The van der Waals surface area contributed by atoms with E-state index in [1.54, 1.807) is 12.4 Å². The fourth-order valence-corrected chi connectivity index (χ4v) is 6.03. The lowest BCUT2D eigenvalue weighted by atomic mass is 10.00. The second-order valence-corrected chi connectivity index (χ2v) is 8.38. The first-order valence-electron chi connectivity index (χ1n) is 6.96. The molecule has 0 spiro atoms. The van der Waals surface area contributed by atoms with Crippen molar-refractivity contribution in [2.45, 2.75) is 17.8 Å². The van der Waals surface area contributed by atoms with Gasteiger partial charge in [-0.25, -0.2) is 8.42 Å². The third-order valence-electron chi connectivity index (χ3n) is 4.56. The van der Waals surface area contributed by atoms with Crippen molar-refractivity contribution < 1.29 is 8.42 Å². The van der Waals surface area contributed by atoms with Gasteiger partial charge in [-0.2, -0.15) is 0 Å². The van der Waals surface area contributed by atoms with Crippen molar-refractivity contribution in [3.8, 4) is 0 Å². The summed E-state index contributed by atoms with van der Waals surface area (Å²) in [4.78, 5) is 8.34. The van der Waals surface area contributed by atoms with Crippen LogP contribution in [0.3, 0.4) is 0 Å². The summed E-state index contributed by atoms with van der Waals surface area (Å²) in [5.74, 6) is 0.565. The van der Waals surface area contributed by atoms with Gasteiger partial charge in [-0.05, 0) is 31.8 Å². The molecule has 0 aliphatic carbocycles. The monoisotopic (exact) mass is 295 g/mol. The van der Waals surface area contributed by atoms with Gasteiger partial charge in [0.25, 0.3) is 0 Å². The standard InChI is InChI=1S/C14H21N3O2S/c1-16(2)13-10-20(18,19)14-9-17(8-12(13)14)7-11-3-5-15-6-4-11/h3-6,12-14H,7-10H2,1-2H3/t12-,13+,14-/m0/s1. The Morgan fingerprint density at radius 2 is 2.00 bits per heavy atom. The Hall–Kier alpha value is -0.980. The topological polar surface area (TPSA) is 53.5 Å². The van der Waals surface area contributed by atoms with E-state index in [2.05, 4.69) is 14.8 Å². The van der Waals surface area contributed by atoms with Crippen molar-refractivity contribution in [3.63, 3.8) is 0 Å². The summed E-state index contributed by atoms with van der Waals surface area (Å²) in [7, 11) is 1.02. The van der Waals surface area contributed by atoms with E-state index in [0.29, 0.717) is 12.3 Å². The average molecular weight is 295 g/mol. The maximum absolute atomic E-state index is 12.3. The summed E-state index contributed by atoms with van der Waals surface area (Å²) >= 11 is 0. The molecule has 0 N–H and O–H groups in total. The van der Waals surface area contributed by atoms with Crippen LogP contribution in [0.1, 0.15) is 5.56 Å². The molecule has 110 valence electrons. The summed E-state index contributed by atoms with van der Waals surface area (Å²) in [6.45, 7) is 2.35. The molecule has 0 unspecified atom stereocenters. The largest absolute Gasteiger partial charge is 0.305 e. The van der Waals surface area contributed by atoms with Crippen LogP contribution in [0, 0.1) is 5.92 Å². The molecule has 2 saturated heterocycles. The van der Waals surface area contributed by atoms with Crippen LogP contribution in [-0.2, 0) is 16.4 Å². The van der Waals surface area contributed by atoms with E-state index in [-0.39, 0.29) is 17.2 Å². The van der Waals surface area contributed by atoms with E-state index in [1.807, 2.05) is 26.2 Å². The van der Waals surface area contributed by atoms with E-state index in [1.165, 1.54) is 5.56 Å². The van der Waals surface area contributed by atoms with Gasteiger partial charge in [0.15, 0.2) is 9.84 Å². The van der Waals surface area contributed by atoms with E-state index < -0.39 is 9.84 Å². The number of nitrogens with zero attached hydrogens (tertiary/aromatic N) is 3. The number of sulfone groups is 1. The van der Waals surface area contributed by atoms with Crippen molar-refractivity contribution >= 4 is 9.84 Å². The Morgan fingerprint density at radius 1 is 1.30 bits per heavy atom. The zero-order valence-electron chi connectivity index (χ0n) is 11.9. The number of pyridine rings is 1. The van der Waals surface area contributed by atoms with Gasteiger partial charge in [0, 0.05) is 44.0 Å².